The van der Waals surface area contributed by atoms with Crippen molar-refractivity contribution in [2.24, 2.45) is 0 Å². The summed E-state index contributed by atoms with van der Waals surface area (Å²) in [5.41, 5.74) is 0. The first-order valence-electron chi connectivity index (χ1n) is 4.53. The van der Waals surface area contributed by atoms with Gasteiger partial charge in [-0.15, -0.1) is 0 Å². The van der Waals surface area contributed by atoms with Crippen LogP contribution in [-0.2, 0) is 4.79 Å². The van der Waals surface area contributed by atoms with Crippen LogP contribution in [0, 0.1) is 0 Å². The molecule has 0 saturated carbocycles. The molecule has 1 saturated heterocycles. The average Bonchev–Trinajstić information content (AvgIpc) is 2.48. The van der Waals surface area contributed by atoms with Gasteiger partial charge in [-0.05, 0) is 18.6 Å². The summed E-state index contributed by atoms with van der Waals surface area (Å²) in [6.45, 7) is 3.63. The van der Waals surface area contributed by atoms with E-state index in [1.54, 1.807) is 0 Å². The smallest absolute Gasteiger partial charge is 0.222 e. The zero-order valence-corrected chi connectivity index (χ0v) is 8.54. The number of hydrogen-bond acceptors (Lipinski definition) is 2. The van der Waals surface area contributed by atoms with E-state index in [-0.39, 0.29) is 11.9 Å². The number of carbonyl (C=O) groups excluding carboxylic acids is 1. The van der Waals surface area contributed by atoms with Gasteiger partial charge in [-0.25, -0.2) is 0 Å². The van der Waals surface area contributed by atoms with E-state index in [2.05, 4.69) is 22.9 Å². The molecule has 1 aliphatic rings. The molecule has 1 atom stereocenters. The number of nitrogens with one attached hydrogen (secondary N) is 3. The monoisotopic (exact) mass is 201 g/mol. The molecule has 0 aromatic heterocycles. The molecule has 0 radical (unpaired) electrons. The molecule has 0 aromatic rings. The van der Waals surface area contributed by atoms with Crippen LogP contribution in [-0.4, -0.2) is 30.2 Å². The molecule has 5 heteroatoms. The minimum atomic E-state index is 0.0933. The van der Waals surface area contributed by atoms with Crippen LogP contribution in [0.25, 0.3) is 0 Å². The lowest BCUT2D eigenvalue weighted by Crippen LogP contribution is -2.42. The highest BCUT2D eigenvalue weighted by Crippen LogP contribution is 1.98. The van der Waals surface area contributed by atoms with Crippen LogP contribution < -0.4 is 16.0 Å². The molecular weight excluding hydrogens is 186 g/mol. The summed E-state index contributed by atoms with van der Waals surface area (Å²) in [5, 5.41) is 9.52. The van der Waals surface area contributed by atoms with Crippen LogP contribution >= 0.6 is 12.2 Å². The molecule has 3 N–H and O–H groups in total. The van der Waals surface area contributed by atoms with Gasteiger partial charge in [0, 0.05) is 19.5 Å². The molecule has 0 spiro atoms. The van der Waals surface area contributed by atoms with Gasteiger partial charge >= 0.3 is 0 Å². The van der Waals surface area contributed by atoms with Crippen molar-refractivity contribution in [1.29, 1.82) is 0 Å². The van der Waals surface area contributed by atoms with E-state index in [0.29, 0.717) is 18.1 Å². The zero-order valence-electron chi connectivity index (χ0n) is 7.72. The van der Waals surface area contributed by atoms with Crippen molar-refractivity contribution in [3.8, 4) is 0 Å². The van der Waals surface area contributed by atoms with Gasteiger partial charge in [0.15, 0.2) is 5.11 Å². The van der Waals surface area contributed by atoms with E-state index in [0.717, 1.165) is 13.0 Å². The molecular formula is C8H15N3OS. The van der Waals surface area contributed by atoms with Gasteiger partial charge in [0.1, 0.15) is 0 Å². The molecule has 74 valence electrons. The fourth-order valence-electron chi connectivity index (χ4n) is 1.18. The van der Waals surface area contributed by atoms with Crippen molar-refractivity contribution in [3.05, 3.63) is 0 Å². The Morgan fingerprint density at radius 2 is 2.54 bits per heavy atom. The normalized spacial score (nSPS) is 21.0. The van der Waals surface area contributed by atoms with Crippen LogP contribution in [0.4, 0.5) is 0 Å². The lowest BCUT2D eigenvalue weighted by molar-refractivity contribution is -0.119. The summed E-state index contributed by atoms with van der Waals surface area (Å²) in [7, 11) is 0. The van der Waals surface area contributed by atoms with Crippen molar-refractivity contribution in [2.75, 3.05) is 13.1 Å². The number of carbonyl (C=O) groups is 1. The maximum Gasteiger partial charge on any atom is 0.222 e. The molecule has 4 nitrogen and oxygen atoms in total. The summed E-state index contributed by atoms with van der Waals surface area (Å²) in [6.07, 6.45) is 1.57. The summed E-state index contributed by atoms with van der Waals surface area (Å²) in [5.74, 6) is 0.0933. The molecule has 1 heterocycles. The number of hydrogen-bond donors (Lipinski definition) is 3. The third-order valence-corrected chi connectivity index (χ3v) is 2.11. The maximum atomic E-state index is 10.8. The first-order valence-corrected chi connectivity index (χ1v) is 4.94. The molecule has 1 amide bonds. The van der Waals surface area contributed by atoms with E-state index in [1.165, 1.54) is 0 Å². The Hall–Kier alpha value is -0.840. The molecule has 1 rings (SSSR count). The first-order chi connectivity index (χ1) is 6.22. The molecule has 0 bridgehead atoms. The van der Waals surface area contributed by atoms with Crippen LogP contribution in [0.15, 0.2) is 0 Å². The largest absolute Gasteiger partial charge is 0.363 e. The van der Waals surface area contributed by atoms with Crippen LogP contribution in [0.5, 0.6) is 0 Å². The van der Waals surface area contributed by atoms with Gasteiger partial charge in [-0.1, -0.05) is 6.92 Å². The molecule has 0 aliphatic carbocycles. The van der Waals surface area contributed by atoms with Crippen molar-refractivity contribution >= 4 is 23.2 Å². The Balaban J connectivity index is 2.17. The second-order valence-corrected chi connectivity index (χ2v) is 3.51. The Morgan fingerprint density at radius 1 is 1.77 bits per heavy atom. The topological polar surface area (TPSA) is 53.2 Å². The summed E-state index contributed by atoms with van der Waals surface area (Å²) >= 11 is 5.03. The van der Waals surface area contributed by atoms with Crippen molar-refractivity contribution < 1.29 is 4.79 Å². The van der Waals surface area contributed by atoms with Crippen molar-refractivity contribution in [3.63, 3.8) is 0 Å². The van der Waals surface area contributed by atoms with E-state index < -0.39 is 0 Å². The number of thiocarbonyl (C=S) groups is 1. The van der Waals surface area contributed by atoms with Crippen LogP contribution in [0.3, 0.4) is 0 Å². The highest BCUT2D eigenvalue weighted by Gasteiger charge is 2.21. The third kappa shape index (κ3) is 3.59. The van der Waals surface area contributed by atoms with E-state index >= 15 is 0 Å². The Bertz CT molecular complexity index is 208. The van der Waals surface area contributed by atoms with Crippen LogP contribution in [0.2, 0.25) is 0 Å². The lowest BCUT2D eigenvalue weighted by Gasteiger charge is -2.13. The summed E-state index contributed by atoms with van der Waals surface area (Å²) in [4.78, 5) is 10.8. The quantitative estimate of drug-likeness (QED) is 0.551. The standard InChI is InChI=1S/C8H15N3OS/c1-2-3-9-8(13)11-6-4-7(12)10-5-6/h6H,2-5H2,1H3,(H,10,12)(H2,9,11,13). The van der Waals surface area contributed by atoms with E-state index in [9.17, 15) is 4.79 Å². The molecule has 0 aromatic carbocycles. The SMILES string of the molecule is CCCNC(=S)NC1CNC(=O)C1. The van der Waals surface area contributed by atoms with Gasteiger partial charge in [-0.2, -0.15) is 0 Å². The fraction of sp³-hybridized carbons (Fsp3) is 0.750. The minimum absolute atomic E-state index is 0.0933. The second-order valence-electron chi connectivity index (χ2n) is 3.11. The highest BCUT2D eigenvalue weighted by atomic mass is 32.1. The fourth-order valence-corrected chi connectivity index (χ4v) is 1.45. The van der Waals surface area contributed by atoms with Crippen molar-refractivity contribution in [1.82, 2.24) is 16.0 Å². The Morgan fingerprint density at radius 3 is 3.08 bits per heavy atom. The molecule has 1 unspecified atom stereocenters. The van der Waals surface area contributed by atoms with Crippen LogP contribution in [0.1, 0.15) is 19.8 Å². The summed E-state index contributed by atoms with van der Waals surface area (Å²) in [6, 6.07) is 0.157. The number of amides is 1. The molecule has 1 fully saturated rings. The predicted octanol–water partition coefficient (Wildman–Crippen LogP) is -0.251. The van der Waals surface area contributed by atoms with Gasteiger partial charge in [0.2, 0.25) is 5.91 Å². The lowest BCUT2D eigenvalue weighted by atomic mass is 10.3. The Labute approximate surface area is 83.5 Å². The van der Waals surface area contributed by atoms with Gasteiger partial charge < -0.3 is 16.0 Å². The maximum absolute atomic E-state index is 10.8. The number of rotatable bonds is 3. The average molecular weight is 201 g/mol. The van der Waals surface area contributed by atoms with E-state index in [1.807, 2.05) is 0 Å². The van der Waals surface area contributed by atoms with Crippen molar-refractivity contribution in [2.45, 2.75) is 25.8 Å². The molecule has 1 aliphatic heterocycles. The van der Waals surface area contributed by atoms with Gasteiger partial charge in [0.25, 0.3) is 0 Å². The minimum Gasteiger partial charge on any atom is -0.363 e. The van der Waals surface area contributed by atoms with E-state index in [4.69, 9.17) is 12.2 Å². The van der Waals surface area contributed by atoms with Gasteiger partial charge in [0.05, 0.1) is 6.04 Å². The summed E-state index contributed by atoms with van der Waals surface area (Å²) < 4.78 is 0. The van der Waals surface area contributed by atoms with Gasteiger partial charge in [-0.3, -0.25) is 4.79 Å². The third-order valence-electron chi connectivity index (χ3n) is 1.85. The molecule has 13 heavy (non-hydrogen) atoms. The predicted molar refractivity (Wildman–Crippen MR) is 55.4 cm³/mol. The second kappa shape index (κ2) is 5.01. The zero-order chi connectivity index (χ0) is 9.68. The Kier molecular flexibility index (Phi) is 3.95. The first kappa shape index (κ1) is 10.2. The highest BCUT2D eigenvalue weighted by molar-refractivity contribution is 7.80.